The molecule has 0 aliphatic rings. The first-order chi connectivity index (χ1) is 37.8. The Morgan fingerprint density at radius 2 is 0.724 bits per heavy atom. The van der Waals surface area contributed by atoms with Crippen LogP contribution in [0.25, 0.3) is 79.3 Å². The summed E-state index contributed by atoms with van der Waals surface area (Å²) in [5.74, 6) is 0. The minimum atomic E-state index is -5.48. The van der Waals surface area contributed by atoms with Gasteiger partial charge < -0.3 is 28.0 Å². The Morgan fingerprint density at radius 3 is 1.11 bits per heavy atom. The molecule has 27 nitrogen and oxygen atoms in total. The normalized spacial score (nSPS) is 12.5. The molecule has 1 N–H and O–H groups in total. The molecule has 0 atom stereocenters. The standard InChI is InChI=1S/C48H32N8O19S6.6Na/c57-56(34-20-16-30(44(24-34)79(67,68)69)12-11-29-15-19-33(23-43(29)78(64,65)66)55-51-40-26-46(81(73,74)75)36-6-2-4-8-38(36)48(40)53-55)49-31-17-13-27(41(21-31)76(58,59)60)9-10-28-14-18-32(22-42(28)77(61,62)63)54-50-39-25-45(80(70,71)72)35-5-1-3-7-37(35)47(39)52-54;;;;;;/h1-26H,(H,58,59,60)(H,61,62,63)(H,64,65,66)(H,67,68,69)(H,70,71,72)(H,73,74,75);;;;;;/q;6*+1/p-5/b10-9+,12-11+,56-49?;;;;;;. The number of hydrogen-bond acceptors (Lipinski definition) is 23. The van der Waals surface area contributed by atoms with Gasteiger partial charge in [-0.2, -0.15) is 18.0 Å². The Kier molecular flexibility index (Phi) is 25.8. The summed E-state index contributed by atoms with van der Waals surface area (Å²) in [6, 6.07) is 25.4. The topological polar surface area (TPSA) is 440 Å². The Balaban J connectivity index is 0.00000270. The second-order valence-corrected chi connectivity index (χ2v) is 25.4. The molecule has 10 rings (SSSR count). The summed E-state index contributed by atoms with van der Waals surface area (Å²) in [6.45, 7) is 0. The van der Waals surface area contributed by atoms with E-state index in [0.29, 0.717) is 12.1 Å². The van der Waals surface area contributed by atoms with Gasteiger partial charge in [-0.25, -0.2) is 42.1 Å². The minimum Gasteiger partial charge on any atom is -0.744 e. The number of hydrogen-bond donors (Lipinski definition) is 1. The smallest absolute Gasteiger partial charge is 0.744 e. The molecule has 0 saturated carbocycles. The van der Waals surface area contributed by atoms with Gasteiger partial charge in [0.25, 0.3) is 10.1 Å². The second-order valence-electron chi connectivity index (χ2n) is 17.2. The first-order valence-electron chi connectivity index (χ1n) is 22.3. The van der Waals surface area contributed by atoms with Gasteiger partial charge in [-0.3, -0.25) is 4.55 Å². The van der Waals surface area contributed by atoms with Gasteiger partial charge >= 0.3 is 177 Å². The molecule has 0 fully saturated rings. The van der Waals surface area contributed by atoms with Crippen molar-refractivity contribution >= 4 is 140 Å². The number of nitrogens with zero attached hydrogens (tertiary/aromatic N) is 8. The van der Waals surface area contributed by atoms with Crippen molar-refractivity contribution in [3.63, 3.8) is 0 Å². The van der Waals surface area contributed by atoms with Gasteiger partial charge in [0.15, 0.2) is 0 Å². The molecule has 39 heteroatoms. The van der Waals surface area contributed by atoms with E-state index in [-0.39, 0.29) is 248 Å². The van der Waals surface area contributed by atoms with Crippen molar-refractivity contribution in [2.24, 2.45) is 5.11 Å². The molecule has 0 bridgehead atoms. The fraction of sp³-hybridized carbons (Fsp3) is 0. The molecule has 0 spiro atoms. The maximum absolute atomic E-state index is 13.4. The summed E-state index contributed by atoms with van der Waals surface area (Å²) in [4.78, 5) is -3.42. The predicted octanol–water partition coefficient (Wildman–Crippen LogP) is -12.5. The van der Waals surface area contributed by atoms with Gasteiger partial charge in [-0.05, 0) is 76.9 Å². The Morgan fingerprint density at radius 1 is 0.391 bits per heavy atom. The molecule has 0 aliphatic heterocycles. The van der Waals surface area contributed by atoms with Crippen LogP contribution in [0.5, 0.6) is 0 Å². The number of fused-ring (bicyclic) bond motifs is 6. The molecule has 10 aromatic rings. The van der Waals surface area contributed by atoms with E-state index in [9.17, 15) is 83.0 Å². The molecular formula is C48H27N8Na6O19S6+. The van der Waals surface area contributed by atoms with Gasteiger partial charge in [-0.15, -0.1) is 20.4 Å². The van der Waals surface area contributed by atoms with Gasteiger partial charge in [-0.1, -0.05) is 95.9 Å². The van der Waals surface area contributed by atoms with Gasteiger partial charge in [0.05, 0.1) is 35.9 Å². The average Bonchev–Trinajstić information content (AvgIpc) is 1.77. The fourth-order valence-corrected chi connectivity index (χ4v) is 12.7. The Bertz CT molecular complexity index is 5230. The molecule has 414 valence electrons. The monoisotopic (exact) mass is 1350 g/mol. The quantitative estimate of drug-likeness (QED) is 0.0264. The van der Waals surface area contributed by atoms with Crippen LogP contribution < -0.4 is 177 Å². The van der Waals surface area contributed by atoms with Gasteiger partial charge in [0.2, 0.25) is 5.69 Å². The summed E-state index contributed by atoms with van der Waals surface area (Å²) >= 11 is 0. The van der Waals surface area contributed by atoms with E-state index >= 15 is 0 Å². The first kappa shape index (κ1) is 76.9. The molecule has 0 aliphatic carbocycles. The maximum atomic E-state index is 13.4. The zero-order valence-corrected chi connectivity index (χ0v) is 62.7. The van der Waals surface area contributed by atoms with E-state index < -0.39 is 113 Å². The van der Waals surface area contributed by atoms with Crippen molar-refractivity contribution in [3.8, 4) is 11.4 Å². The van der Waals surface area contributed by atoms with E-state index in [2.05, 4.69) is 25.5 Å². The number of benzene rings is 8. The Labute approximate surface area is 627 Å². The zero-order chi connectivity index (χ0) is 58.4. The molecule has 0 unspecified atom stereocenters. The van der Waals surface area contributed by atoms with E-state index in [4.69, 9.17) is 0 Å². The molecule has 0 radical (unpaired) electrons. The van der Waals surface area contributed by atoms with Gasteiger partial charge in [0, 0.05) is 38.8 Å². The maximum Gasteiger partial charge on any atom is 1.00 e. The van der Waals surface area contributed by atoms with Crippen molar-refractivity contribution in [3.05, 3.63) is 161 Å². The molecule has 8 aromatic carbocycles. The second kappa shape index (κ2) is 29.2. The summed E-state index contributed by atoms with van der Waals surface area (Å²) in [5.41, 5.74) is -2.85. The van der Waals surface area contributed by atoms with Crippen LogP contribution in [0.1, 0.15) is 22.3 Å². The Hall–Kier alpha value is -2.58. The van der Waals surface area contributed by atoms with E-state index in [1.165, 1.54) is 48.5 Å². The van der Waals surface area contributed by atoms with Crippen molar-refractivity contribution in [1.82, 2.24) is 30.0 Å². The average molecular weight is 1350 g/mol. The molecule has 0 saturated heterocycles. The van der Waals surface area contributed by atoms with E-state index in [0.717, 1.165) is 94.6 Å². The van der Waals surface area contributed by atoms with Crippen LogP contribution in [0, 0.1) is 5.21 Å². The molecular weight excluding hydrogens is 1320 g/mol. The summed E-state index contributed by atoms with van der Waals surface area (Å²) in [7, 11) is -31.4. The zero-order valence-electron chi connectivity index (χ0n) is 45.8. The number of azo groups is 1. The number of rotatable bonds is 14. The van der Waals surface area contributed by atoms with Crippen LogP contribution in [-0.2, 0) is 60.7 Å². The molecule has 87 heavy (non-hydrogen) atoms. The SMILES string of the molecule is O=S(=O)([O-])c1cc(N=[N+]([O-])c2ccc(/C=C/c3ccc(-n4nc5cc(S(=O)(=O)O)c6ccccc6c5n4)cc3S(=O)(=O)[O-])c(S(=O)(=O)[O-])c2)ccc1/C=C/c1ccc(-n2nc3cc(S(=O)(=O)[O-])c4ccccc4c3n2)cc1S(=O)(=O)[O-].[Na+].[Na+].[Na+].[Na+].[Na+].[Na+]. The predicted molar refractivity (Wildman–Crippen MR) is 278 cm³/mol. The van der Waals surface area contributed by atoms with Gasteiger partial charge in [0.1, 0.15) is 83.2 Å². The van der Waals surface area contributed by atoms with Crippen molar-refractivity contribution in [2.75, 3.05) is 0 Å². The number of aromatic nitrogens is 6. The van der Waals surface area contributed by atoms with Crippen molar-refractivity contribution in [1.29, 1.82) is 0 Å². The first-order valence-corrected chi connectivity index (χ1v) is 30.8. The van der Waals surface area contributed by atoms with Crippen LogP contribution in [0.4, 0.5) is 11.4 Å². The summed E-state index contributed by atoms with van der Waals surface area (Å²) in [5, 5.41) is 34.6. The van der Waals surface area contributed by atoms with Crippen LogP contribution in [0.2, 0.25) is 0 Å². The van der Waals surface area contributed by atoms with E-state index in [1.54, 1.807) is 12.1 Å². The van der Waals surface area contributed by atoms with E-state index in [1.807, 2.05) is 0 Å². The third-order valence-corrected chi connectivity index (χ3v) is 17.4. The third kappa shape index (κ3) is 16.8. The van der Waals surface area contributed by atoms with Crippen LogP contribution in [0.15, 0.2) is 168 Å². The van der Waals surface area contributed by atoms with Crippen molar-refractivity contribution < 1.29 is 260 Å². The molecule has 2 aromatic heterocycles. The van der Waals surface area contributed by atoms with Crippen LogP contribution >= 0.6 is 0 Å². The van der Waals surface area contributed by atoms with Crippen LogP contribution in [0.3, 0.4) is 0 Å². The summed E-state index contributed by atoms with van der Waals surface area (Å²) in [6.07, 6.45) is 3.80. The van der Waals surface area contributed by atoms with Crippen LogP contribution in [-0.4, -0.2) is 113 Å². The largest absolute Gasteiger partial charge is 1.00 e. The fourth-order valence-electron chi connectivity index (χ4n) is 8.54. The third-order valence-electron chi connectivity index (χ3n) is 12.1. The molecule has 2 heterocycles. The minimum absolute atomic E-state index is 0. The molecule has 0 amide bonds. The van der Waals surface area contributed by atoms with Crippen molar-refractivity contribution in [2.45, 2.75) is 29.4 Å². The summed E-state index contributed by atoms with van der Waals surface area (Å²) < 4.78 is 221.